The molecule has 0 amide bonds. The first-order valence-electron chi connectivity index (χ1n) is 9.77. The van der Waals surface area contributed by atoms with E-state index in [9.17, 15) is 17.4 Å². The lowest BCUT2D eigenvalue weighted by Crippen LogP contribution is -2.19. The highest BCUT2D eigenvalue weighted by molar-refractivity contribution is 7.88. The number of rotatable bonds is 6. The molecule has 2 aromatic heterocycles. The van der Waals surface area contributed by atoms with Crippen molar-refractivity contribution < 1.29 is 17.4 Å². The zero-order chi connectivity index (χ0) is 22.3. The minimum Gasteiger partial charge on any atom is -0.330 e. The smallest absolute Gasteiger partial charge is 0.304 e. The maximum atomic E-state index is 15.0. The van der Waals surface area contributed by atoms with Gasteiger partial charge < -0.3 is 4.57 Å². The molecular weight excluding hydrogens is 423 g/mol. The fourth-order valence-electron chi connectivity index (χ4n) is 3.43. The van der Waals surface area contributed by atoms with Gasteiger partial charge in [0, 0.05) is 33.8 Å². The molecule has 0 atom stereocenters. The van der Waals surface area contributed by atoms with Crippen molar-refractivity contribution in [1.29, 1.82) is 0 Å². The van der Waals surface area contributed by atoms with E-state index in [1.807, 2.05) is 45.4 Å². The Morgan fingerprint density at radius 3 is 2.50 bits per heavy atom. The SMILES string of the molecule is CC(C)Cc1cc(-c2ccc(Cn3ccnc3C(C)(C)C)c(F)c2)c(S(=O)(=O)O)s1. The lowest BCUT2D eigenvalue weighted by Gasteiger charge is -2.20. The molecule has 0 aliphatic heterocycles. The molecule has 30 heavy (non-hydrogen) atoms. The summed E-state index contributed by atoms with van der Waals surface area (Å²) in [4.78, 5) is 5.23. The van der Waals surface area contributed by atoms with Crippen LogP contribution in [0.1, 0.15) is 50.9 Å². The van der Waals surface area contributed by atoms with Gasteiger partial charge >= 0.3 is 10.1 Å². The summed E-state index contributed by atoms with van der Waals surface area (Å²) in [6.07, 6.45) is 4.21. The van der Waals surface area contributed by atoms with Gasteiger partial charge in [-0.3, -0.25) is 4.55 Å². The minimum atomic E-state index is -4.40. The third kappa shape index (κ3) is 4.99. The third-order valence-electron chi connectivity index (χ3n) is 4.68. The summed E-state index contributed by atoms with van der Waals surface area (Å²) in [5.41, 5.74) is 1.07. The Labute approximate surface area is 181 Å². The predicted octanol–water partition coefficient (Wildman–Crippen LogP) is 5.54. The average molecular weight is 451 g/mol. The van der Waals surface area contributed by atoms with Gasteiger partial charge in [-0.15, -0.1) is 11.3 Å². The van der Waals surface area contributed by atoms with Gasteiger partial charge in [-0.2, -0.15) is 8.42 Å². The van der Waals surface area contributed by atoms with E-state index in [4.69, 9.17) is 0 Å². The number of aromatic nitrogens is 2. The zero-order valence-electron chi connectivity index (χ0n) is 17.8. The molecule has 8 heteroatoms. The van der Waals surface area contributed by atoms with Crippen LogP contribution < -0.4 is 0 Å². The summed E-state index contributed by atoms with van der Waals surface area (Å²) < 4.78 is 50.1. The van der Waals surface area contributed by atoms with Crippen molar-refractivity contribution in [2.45, 2.75) is 57.2 Å². The van der Waals surface area contributed by atoms with E-state index >= 15 is 0 Å². The van der Waals surface area contributed by atoms with Crippen molar-refractivity contribution in [3.05, 3.63) is 58.7 Å². The second kappa shape index (κ2) is 8.24. The second-order valence-corrected chi connectivity index (χ2v) is 11.7. The predicted molar refractivity (Wildman–Crippen MR) is 118 cm³/mol. The Hall–Kier alpha value is -2.03. The Morgan fingerprint density at radius 2 is 1.93 bits per heavy atom. The number of hydrogen-bond acceptors (Lipinski definition) is 4. The monoisotopic (exact) mass is 450 g/mol. The average Bonchev–Trinajstić information content (AvgIpc) is 3.22. The van der Waals surface area contributed by atoms with Crippen LogP contribution in [-0.2, 0) is 28.5 Å². The first kappa shape index (κ1) is 22.7. The minimum absolute atomic E-state index is 0.144. The molecular formula is C22H27FN2O3S2. The molecule has 0 aliphatic carbocycles. The van der Waals surface area contributed by atoms with Crippen LogP contribution in [0, 0.1) is 11.7 Å². The van der Waals surface area contributed by atoms with Gasteiger partial charge in [0.1, 0.15) is 11.6 Å². The summed E-state index contributed by atoms with van der Waals surface area (Å²) >= 11 is 1.04. The number of imidazole rings is 1. The molecule has 5 nitrogen and oxygen atoms in total. The lowest BCUT2D eigenvalue weighted by molar-refractivity contribution is 0.486. The van der Waals surface area contributed by atoms with Gasteiger partial charge in [0.2, 0.25) is 0 Å². The molecule has 2 heterocycles. The molecule has 0 saturated carbocycles. The molecule has 0 unspecified atom stereocenters. The molecule has 0 aliphatic rings. The van der Waals surface area contributed by atoms with Crippen LogP contribution in [0.2, 0.25) is 0 Å². The number of halogens is 1. The van der Waals surface area contributed by atoms with Crippen LogP contribution in [0.3, 0.4) is 0 Å². The van der Waals surface area contributed by atoms with Gasteiger partial charge in [0.05, 0.1) is 6.54 Å². The molecule has 0 radical (unpaired) electrons. The van der Waals surface area contributed by atoms with E-state index in [0.29, 0.717) is 35.6 Å². The summed E-state index contributed by atoms with van der Waals surface area (Å²) in [5.74, 6) is 0.756. The van der Waals surface area contributed by atoms with Gasteiger partial charge in [0.25, 0.3) is 0 Å². The van der Waals surface area contributed by atoms with Gasteiger partial charge in [0.15, 0.2) is 4.21 Å². The first-order chi connectivity index (χ1) is 13.9. The maximum Gasteiger partial charge on any atom is 0.304 e. The van der Waals surface area contributed by atoms with Crippen molar-refractivity contribution in [2.75, 3.05) is 0 Å². The quantitative estimate of drug-likeness (QED) is 0.500. The summed E-state index contributed by atoms with van der Waals surface area (Å²) in [7, 11) is -4.40. The van der Waals surface area contributed by atoms with E-state index in [1.165, 1.54) is 6.07 Å². The molecule has 1 aromatic carbocycles. The fraction of sp³-hybridized carbons (Fsp3) is 0.409. The Kier molecular flexibility index (Phi) is 6.23. The molecule has 0 fully saturated rings. The number of benzene rings is 1. The molecule has 1 N–H and O–H groups in total. The highest BCUT2D eigenvalue weighted by atomic mass is 32.3. The highest BCUT2D eigenvalue weighted by Crippen LogP contribution is 2.37. The van der Waals surface area contributed by atoms with E-state index < -0.39 is 15.9 Å². The Bertz CT molecular complexity index is 1160. The van der Waals surface area contributed by atoms with Crippen molar-refractivity contribution in [3.8, 4) is 11.1 Å². The fourth-order valence-corrected chi connectivity index (χ4v) is 5.74. The van der Waals surface area contributed by atoms with Crippen molar-refractivity contribution >= 4 is 21.5 Å². The second-order valence-electron chi connectivity index (χ2n) is 8.92. The molecule has 0 spiro atoms. The summed E-state index contributed by atoms with van der Waals surface area (Å²) in [6.45, 7) is 10.5. The third-order valence-corrected chi connectivity index (χ3v) is 7.21. The van der Waals surface area contributed by atoms with E-state index in [1.54, 1.807) is 24.4 Å². The number of hydrogen-bond donors (Lipinski definition) is 1. The Balaban J connectivity index is 1.98. The van der Waals surface area contributed by atoms with E-state index in [2.05, 4.69) is 4.98 Å². The number of nitrogens with zero attached hydrogens (tertiary/aromatic N) is 2. The van der Waals surface area contributed by atoms with Gasteiger partial charge in [-0.1, -0.05) is 46.8 Å². The molecule has 162 valence electrons. The summed E-state index contributed by atoms with van der Waals surface area (Å²) in [5, 5.41) is 0. The normalized spacial score (nSPS) is 12.7. The van der Waals surface area contributed by atoms with Crippen LogP contribution in [-0.4, -0.2) is 22.5 Å². The largest absolute Gasteiger partial charge is 0.330 e. The summed E-state index contributed by atoms with van der Waals surface area (Å²) in [6, 6.07) is 6.42. The van der Waals surface area contributed by atoms with Crippen molar-refractivity contribution in [3.63, 3.8) is 0 Å². The highest BCUT2D eigenvalue weighted by Gasteiger charge is 2.23. The van der Waals surface area contributed by atoms with Gasteiger partial charge in [-0.05, 0) is 30.0 Å². The topological polar surface area (TPSA) is 72.2 Å². The molecule has 3 rings (SSSR count). The Morgan fingerprint density at radius 1 is 1.23 bits per heavy atom. The van der Waals surface area contributed by atoms with Crippen molar-refractivity contribution in [1.82, 2.24) is 9.55 Å². The number of thiophene rings is 1. The zero-order valence-corrected chi connectivity index (χ0v) is 19.4. The first-order valence-corrected chi connectivity index (χ1v) is 12.0. The van der Waals surface area contributed by atoms with Crippen LogP contribution in [0.25, 0.3) is 11.1 Å². The van der Waals surface area contributed by atoms with Crippen LogP contribution in [0.15, 0.2) is 40.9 Å². The molecule has 3 aromatic rings. The molecule has 0 saturated heterocycles. The lowest BCUT2D eigenvalue weighted by atomic mass is 9.95. The van der Waals surface area contributed by atoms with Crippen molar-refractivity contribution in [2.24, 2.45) is 5.92 Å². The maximum absolute atomic E-state index is 15.0. The van der Waals surface area contributed by atoms with Crippen LogP contribution in [0.4, 0.5) is 4.39 Å². The standard InChI is InChI=1S/C22H27FN2O3S2/c1-14(2)10-17-12-18(20(29-17)30(26,27)28)15-6-7-16(19(23)11-15)13-25-9-8-24-21(25)22(3,4)5/h6-9,11-12,14H,10,13H2,1-5H3,(H,26,27,28). The van der Waals surface area contributed by atoms with Gasteiger partial charge in [-0.25, -0.2) is 9.37 Å². The van der Waals surface area contributed by atoms with E-state index in [-0.39, 0.29) is 9.62 Å². The van der Waals surface area contributed by atoms with Crippen LogP contribution in [0.5, 0.6) is 0 Å². The van der Waals surface area contributed by atoms with Crippen LogP contribution >= 0.6 is 11.3 Å². The van der Waals surface area contributed by atoms with E-state index in [0.717, 1.165) is 22.0 Å². The molecule has 0 bridgehead atoms.